The standard InChI is InChI=1S/C30H41N5O5/c1-30(2,3)40-29(37)35-24-16-15-23(18-22(24)19-31-35)32-28(36)34(20-26(38-5)39-6)27(21-12-8-7-9-13-21)25-14-10-11-17-33(25)4/h7-9,12-13,15-16,18-19,25-27H,10-11,14,17,20H2,1-6H3,(H,32,36). The first kappa shape index (κ1) is 29.5. The maximum absolute atomic E-state index is 14.0. The minimum atomic E-state index is -0.642. The molecular formula is C30H41N5O5. The van der Waals surface area contributed by atoms with E-state index in [9.17, 15) is 9.59 Å². The van der Waals surface area contributed by atoms with E-state index in [2.05, 4.69) is 34.5 Å². The van der Waals surface area contributed by atoms with Gasteiger partial charge in [-0.1, -0.05) is 36.8 Å². The lowest BCUT2D eigenvalue weighted by Crippen LogP contribution is -2.52. The van der Waals surface area contributed by atoms with Crippen molar-refractivity contribution in [3.63, 3.8) is 0 Å². The quantitative estimate of drug-likeness (QED) is 0.369. The van der Waals surface area contributed by atoms with Crippen LogP contribution in [0.4, 0.5) is 15.3 Å². The van der Waals surface area contributed by atoms with Crippen molar-refractivity contribution in [3.05, 3.63) is 60.3 Å². The van der Waals surface area contributed by atoms with Crippen LogP contribution in [-0.4, -0.2) is 84.0 Å². The van der Waals surface area contributed by atoms with Crippen molar-refractivity contribution < 1.29 is 23.8 Å². The van der Waals surface area contributed by atoms with Crippen LogP contribution >= 0.6 is 0 Å². The first-order chi connectivity index (χ1) is 19.1. The highest BCUT2D eigenvalue weighted by atomic mass is 16.7. The minimum absolute atomic E-state index is 0.130. The fourth-order valence-electron chi connectivity index (χ4n) is 5.25. The monoisotopic (exact) mass is 551 g/mol. The van der Waals surface area contributed by atoms with Gasteiger partial charge in [0.15, 0.2) is 6.29 Å². The van der Waals surface area contributed by atoms with Gasteiger partial charge in [0.25, 0.3) is 0 Å². The average Bonchev–Trinajstić information content (AvgIpc) is 3.35. The summed E-state index contributed by atoms with van der Waals surface area (Å²) in [6, 6.07) is 15.1. The zero-order chi connectivity index (χ0) is 28.9. The lowest BCUT2D eigenvalue weighted by Gasteiger charge is -2.44. The molecule has 10 heteroatoms. The topological polar surface area (TPSA) is 98.2 Å². The van der Waals surface area contributed by atoms with Crippen LogP contribution in [0.1, 0.15) is 51.6 Å². The molecule has 1 fully saturated rings. The first-order valence-electron chi connectivity index (χ1n) is 13.7. The number of piperidine rings is 1. The average molecular weight is 552 g/mol. The number of ether oxygens (including phenoxy) is 3. The van der Waals surface area contributed by atoms with E-state index in [1.165, 1.54) is 4.68 Å². The number of nitrogens with one attached hydrogen (secondary N) is 1. The van der Waals surface area contributed by atoms with Gasteiger partial charge in [-0.2, -0.15) is 9.78 Å². The Bertz CT molecular complexity index is 1280. The number of likely N-dealkylation sites (N-methyl/N-ethyl adjacent to an activating group) is 1. The summed E-state index contributed by atoms with van der Waals surface area (Å²) in [5.74, 6) is 0. The largest absolute Gasteiger partial charge is 0.442 e. The number of carbonyl (C=O) groups is 2. The van der Waals surface area contributed by atoms with Crippen LogP contribution in [0.2, 0.25) is 0 Å². The van der Waals surface area contributed by atoms with Crippen LogP contribution < -0.4 is 5.32 Å². The van der Waals surface area contributed by atoms with Gasteiger partial charge in [0, 0.05) is 31.3 Å². The molecule has 2 aromatic carbocycles. The van der Waals surface area contributed by atoms with Crippen LogP contribution in [0.3, 0.4) is 0 Å². The molecule has 2 heterocycles. The number of carbonyl (C=O) groups excluding carboxylic acids is 2. The molecule has 4 rings (SSSR count). The summed E-state index contributed by atoms with van der Waals surface area (Å²) in [6.45, 7) is 6.63. The van der Waals surface area contributed by atoms with Gasteiger partial charge in [0.2, 0.25) is 0 Å². The lowest BCUT2D eigenvalue weighted by atomic mass is 9.90. The zero-order valence-electron chi connectivity index (χ0n) is 24.3. The first-order valence-corrected chi connectivity index (χ1v) is 13.7. The van der Waals surface area contributed by atoms with E-state index in [0.717, 1.165) is 31.4 Å². The molecule has 1 aromatic heterocycles. The van der Waals surface area contributed by atoms with E-state index in [1.54, 1.807) is 38.6 Å². The van der Waals surface area contributed by atoms with Crippen LogP contribution in [0.25, 0.3) is 10.9 Å². The number of urea groups is 1. The van der Waals surface area contributed by atoms with Gasteiger partial charge >= 0.3 is 12.1 Å². The molecule has 1 N–H and O–H groups in total. The van der Waals surface area contributed by atoms with Crippen LogP contribution in [-0.2, 0) is 14.2 Å². The van der Waals surface area contributed by atoms with Crippen molar-refractivity contribution in [3.8, 4) is 0 Å². The Morgan fingerprint density at radius 1 is 1.10 bits per heavy atom. The highest BCUT2D eigenvalue weighted by Gasteiger charge is 2.37. The number of likely N-dealkylation sites (tertiary alicyclic amines) is 1. The number of fused-ring (bicyclic) bond motifs is 1. The summed E-state index contributed by atoms with van der Waals surface area (Å²) >= 11 is 0. The normalized spacial score (nSPS) is 17.1. The summed E-state index contributed by atoms with van der Waals surface area (Å²) in [6.07, 6.45) is 3.64. The highest BCUT2D eigenvalue weighted by molar-refractivity contribution is 5.94. The Balaban J connectivity index is 1.65. The maximum atomic E-state index is 14.0. The van der Waals surface area contributed by atoms with Gasteiger partial charge in [0.1, 0.15) is 5.60 Å². The molecule has 0 bridgehead atoms. The van der Waals surface area contributed by atoms with Gasteiger partial charge in [-0.05, 0) is 71.0 Å². The highest BCUT2D eigenvalue weighted by Crippen LogP contribution is 2.34. The van der Waals surface area contributed by atoms with Gasteiger partial charge < -0.3 is 29.3 Å². The molecule has 2 unspecified atom stereocenters. The number of rotatable bonds is 8. The number of nitrogens with zero attached hydrogens (tertiary/aromatic N) is 4. The molecule has 10 nitrogen and oxygen atoms in total. The molecule has 1 saturated heterocycles. The van der Waals surface area contributed by atoms with Gasteiger partial charge in [-0.3, -0.25) is 0 Å². The number of anilines is 1. The Labute approximate surface area is 236 Å². The van der Waals surface area contributed by atoms with Crippen LogP contribution in [0, 0.1) is 0 Å². The minimum Gasteiger partial charge on any atom is -0.442 e. The summed E-state index contributed by atoms with van der Waals surface area (Å²) in [7, 11) is 5.27. The van der Waals surface area contributed by atoms with E-state index in [-0.39, 0.29) is 24.7 Å². The summed E-state index contributed by atoms with van der Waals surface area (Å²) in [5.41, 5.74) is 1.59. The number of hydrogen-bond acceptors (Lipinski definition) is 7. The fourth-order valence-corrected chi connectivity index (χ4v) is 5.25. The van der Waals surface area contributed by atoms with Crippen molar-refractivity contribution in [2.75, 3.05) is 39.7 Å². The van der Waals surface area contributed by atoms with Crippen molar-refractivity contribution in [1.29, 1.82) is 0 Å². The van der Waals surface area contributed by atoms with Crippen molar-refractivity contribution in [2.24, 2.45) is 0 Å². The predicted molar refractivity (Wildman–Crippen MR) is 154 cm³/mol. The van der Waals surface area contributed by atoms with E-state index >= 15 is 0 Å². The van der Waals surface area contributed by atoms with E-state index in [4.69, 9.17) is 14.2 Å². The SMILES string of the molecule is COC(CN(C(=O)Nc1ccc2c(cnn2C(=O)OC(C)(C)C)c1)C(c1ccccc1)C1CCCCN1C)OC. The molecular weight excluding hydrogens is 510 g/mol. The second-order valence-corrected chi connectivity index (χ2v) is 11.2. The molecule has 0 aliphatic carbocycles. The molecule has 2 atom stereocenters. The zero-order valence-corrected chi connectivity index (χ0v) is 24.3. The third-order valence-corrected chi connectivity index (χ3v) is 7.19. The molecule has 1 aliphatic heterocycles. The Morgan fingerprint density at radius 2 is 1.82 bits per heavy atom. The van der Waals surface area contributed by atoms with Crippen molar-refractivity contribution >= 4 is 28.7 Å². The molecule has 216 valence electrons. The Kier molecular flexibility index (Phi) is 9.44. The van der Waals surface area contributed by atoms with Gasteiger partial charge in [-0.25, -0.2) is 9.59 Å². The molecule has 0 saturated carbocycles. The second-order valence-electron chi connectivity index (χ2n) is 11.2. The third-order valence-electron chi connectivity index (χ3n) is 7.19. The second kappa shape index (κ2) is 12.8. The smallest absolute Gasteiger partial charge is 0.435 e. The predicted octanol–water partition coefficient (Wildman–Crippen LogP) is 5.50. The number of hydrogen-bond donors (Lipinski definition) is 1. The Hall–Kier alpha value is -3.47. The number of amides is 2. The number of methoxy groups -OCH3 is 2. The third kappa shape index (κ3) is 6.99. The summed E-state index contributed by atoms with van der Waals surface area (Å²) in [4.78, 5) is 30.8. The Morgan fingerprint density at radius 3 is 2.48 bits per heavy atom. The van der Waals surface area contributed by atoms with Gasteiger partial charge in [0.05, 0.1) is 24.3 Å². The number of aromatic nitrogens is 2. The summed E-state index contributed by atoms with van der Waals surface area (Å²) < 4.78 is 17.8. The molecule has 0 radical (unpaired) electrons. The van der Waals surface area contributed by atoms with E-state index in [0.29, 0.717) is 16.6 Å². The molecule has 2 amide bonds. The van der Waals surface area contributed by atoms with E-state index < -0.39 is 18.0 Å². The van der Waals surface area contributed by atoms with E-state index in [1.807, 2.05) is 43.9 Å². The number of benzene rings is 2. The molecule has 0 spiro atoms. The molecule has 1 aliphatic rings. The van der Waals surface area contributed by atoms with Gasteiger partial charge in [-0.15, -0.1) is 0 Å². The lowest BCUT2D eigenvalue weighted by molar-refractivity contribution is -0.117. The molecule has 40 heavy (non-hydrogen) atoms. The summed E-state index contributed by atoms with van der Waals surface area (Å²) in [5, 5.41) is 7.99. The van der Waals surface area contributed by atoms with Crippen LogP contribution in [0.15, 0.2) is 54.7 Å². The fraction of sp³-hybridized carbons (Fsp3) is 0.500. The van der Waals surface area contributed by atoms with Crippen molar-refractivity contribution in [1.82, 2.24) is 19.6 Å². The maximum Gasteiger partial charge on any atom is 0.435 e. The molecule has 3 aromatic rings. The van der Waals surface area contributed by atoms with Crippen LogP contribution in [0.5, 0.6) is 0 Å². The van der Waals surface area contributed by atoms with Crippen molar-refractivity contribution in [2.45, 2.75) is 64.0 Å².